The maximum absolute atomic E-state index is 9.55. The van der Waals surface area contributed by atoms with Crippen molar-refractivity contribution in [2.75, 3.05) is 18.0 Å². The van der Waals surface area contributed by atoms with Gasteiger partial charge in [-0.3, -0.25) is 0 Å². The SMILES string of the molecule is O[C@H]1CCN(c2ccc(-c3nc(C4CC4)no3)cn2)C1. The molecule has 1 atom stereocenters. The van der Waals surface area contributed by atoms with Gasteiger partial charge in [0.05, 0.1) is 11.7 Å². The zero-order valence-corrected chi connectivity index (χ0v) is 11.1. The van der Waals surface area contributed by atoms with Gasteiger partial charge in [0.2, 0.25) is 0 Å². The first-order chi connectivity index (χ1) is 9.79. The molecule has 1 aliphatic heterocycles. The van der Waals surface area contributed by atoms with E-state index < -0.39 is 0 Å². The van der Waals surface area contributed by atoms with Crippen molar-refractivity contribution in [1.29, 1.82) is 0 Å². The predicted octanol–water partition coefficient (Wildman–Crippen LogP) is 1.58. The number of anilines is 1. The van der Waals surface area contributed by atoms with Crippen LogP contribution in [0.4, 0.5) is 5.82 Å². The second-order valence-electron chi connectivity index (χ2n) is 5.53. The minimum Gasteiger partial charge on any atom is -0.391 e. The number of hydrogen-bond acceptors (Lipinski definition) is 6. The van der Waals surface area contributed by atoms with Gasteiger partial charge in [-0.25, -0.2) is 4.98 Å². The fraction of sp³-hybridized carbons (Fsp3) is 0.500. The molecule has 0 bridgehead atoms. The van der Waals surface area contributed by atoms with Crippen LogP contribution in [0.15, 0.2) is 22.9 Å². The van der Waals surface area contributed by atoms with Gasteiger partial charge in [-0.2, -0.15) is 4.98 Å². The van der Waals surface area contributed by atoms with Crippen LogP contribution in [0.5, 0.6) is 0 Å². The van der Waals surface area contributed by atoms with Crippen LogP contribution >= 0.6 is 0 Å². The lowest BCUT2D eigenvalue weighted by Gasteiger charge is -2.16. The second-order valence-corrected chi connectivity index (χ2v) is 5.53. The Bertz CT molecular complexity index is 606. The van der Waals surface area contributed by atoms with E-state index in [1.807, 2.05) is 12.1 Å². The number of aliphatic hydroxyl groups excluding tert-OH is 1. The van der Waals surface area contributed by atoms with Gasteiger partial charge in [0, 0.05) is 25.2 Å². The van der Waals surface area contributed by atoms with E-state index in [0.29, 0.717) is 18.4 Å². The van der Waals surface area contributed by atoms with Crippen molar-refractivity contribution >= 4 is 5.82 Å². The topological polar surface area (TPSA) is 75.3 Å². The van der Waals surface area contributed by atoms with E-state index in [-0.39, 0.29) is 6.10 Å². The van der Waals surface area contributed by atoms with Crippen LogP contribution in [0.2, 0.25) is 0 Å². The molecule has 0 unspecified atom stereocenters. The molecular weight excluding hydrogens is 256 g/mol. The van der Waals surface area contributed by atoms with Gasteiger partial charge < -0.3 is 14.5 Å². The summed E-state index contributed by atoms with van der Waals surface area (Å²) in [5, 5.41) is 13.6. The van der Waals surface area contributed by atoms with E-state index in [4.69, 9.17) is 4.52 Å². The number of rotatable bonds is 3. The summed E-state index contributed by atoms with van der Waals surface area (Å²) in [4.78, 5) is 10.9. The molecule has 2 aromatic rings. The zero-order valence-electron chi connectivity index (χ0n) is 11.1. The molecule has 2 aliphatic rings. The monoisotopic (exact) mass is 272 g/mol. The van der Waals surface area contributed by atoms with Crippen LogP contribution in [0.3, 0.4) is 0 Å². The third-order valence-electron chi connectivity index (χ3n) is 3.87. The zero-order chi connectivity index (χ0) is 13.5. The van der Waals surface area contributed by atoms with Crippen LogP contribution in [0.1, 0.15) is 31.0 Å². The fourth-order valence-corrected chi connectivity index (χ4v) is 2.51. The van der Waals surface area contributed by atoms with Crippen molar-refractivity contribution in [3.8, 4) is 11.5 Å². The highest BCUT2D eigenvalue weighted by atomic mass is 16.5. The fourth-order valence-electron chi connectivity index (χ4n) is 2.51. The van der Waals surface area contributed by atoms with E-state index in [1.54, 1.807) is 6.20 Å². The van der Waals surface area contributed by atoms with Crippen LogP contribution < -0.4 is 4.90 Å². The van der Waals surface area contributed by atoms with E-state index in [0.717, 1.165) is 43.0 Å². The second kappa shape index (κ2) is 4.56. The lowest BCUT2D eigenvalue weighted by molar-refractivity contribution is 0.198. The minimum absolute atomic E-state index is 0.242. The molecule has 1 saturated carbocycles. The molecule has 0 amide bonds. The maximum atomic E-state index is 9.55. The first-order valence-electron chi connectivity index (χ1n) is 7.02. The van der Waals surface area contributed by atoms with Gasteiger partial charge >= 0.3 is 0 Å². The first kappa shape index (κ1) is 11.8. The molecule has 1 aliphatic carbocycles. The first-order valence-corrected chi connectivity index (χ1v) is 7.02. The average molecular weight is 272 g/mol. The Hall–Kier alpha value is -1.95. The van der Waals surface area contributed by atoms with Crippen molar-refractivity contribution < 1.29 is 9.63 Å². The van der Waals surface area contributed by atoms with Crippen LogP contribution in [0, 0.1) is 0 Å². The molecule has 0 aromatic carbocycles. The highest BCUT2D eigenvalue weighted by Gasteiger charge is 2.29. The van der Waals surface area contributed by atoms with Gasteiger partial charge in [0.15, 0.2) is 5.82 Å². The normalized spacial score (nSPS) is 22.4. The van der Waals surface area contributed by atoms with Crippen molar-refractivity contribution in [3.05, 3.63) is 24.2 Å². The highest BCUT2D eigenvalue weighted by Crippen LogP contribution is 2.38. The predicted molar refractivity (Wildman–Crippen MR) is 72.3 cm³/mol. The quantitative estimate of drug-likeness (QED) is 0.914. The highest BCUT2D eigenvalue weighted by molar-refractivity contribution is 5.55. The Morgan fingerprint density at radius 1 is 1.25 bits per heavy atom. The molecule has 1 N–H and O–H groups in total. The summed E-state index contributed by atoms with van der Waals surface area (Å²) in [7, 11) is 0. The van der Waals surface area contributed by atoms with Gasteiger partial charge in [-0.15, -0.1) is 0 Å². The molecule has 4 rings (SSSR count). The summed E-state index contributed by atoms with van der Waals surface area (Å²) in [5.74, 6) is 2.72. The van der Waals surface area contributed by atoms with E-state index >= 15 is 0 Å². The van der Waals surface area contributed by atoms with Gasteiger partial charge in [-0.1, -0.05) is 5.16 Å². The van der Waals surface area contributed by atoms with Crippen LogP contribution in [-0.2, 0) is 0 Å². The molecule has 0 radical (unpaired) electrons. The Balaban J connectivity index is 1.53. The molecule has 1 saturated heterocycles. The molecule has 104 valence electrons. The summed E-state index contributed by atoms with van der Waals surface area (Å²) in [6.45, 7) is 1.50. The lowest BCUT2D eigenvalue weighted by atomic mass is 10.2. The molecule has 6 nitrogen and oxygen atoms in total. The molecule has 2 aromatic heterocycles. The Morgan fingerprint density at radius 2 is 2.15 bits per heavy atom. The molecule has 0 spiro atoms. The van der Waals surface area contributed by atoms with Crippen LogP contribution in [-0.4, -0.2) is 39.4 Å². The molecule has 6 heteroatoms. The molecule has 2 fully saturated rings. The molecular formula is C14H16N4O2. The van der Waals surface area contributed by atoms with E-state index in [2.05, 4.69) is 20.0 Å². The van der Waals surface area contributed by atoms with Gasteiger partial charge in [0.25, 0.3) is 5.89 Å². The molecule has 20 heavy (non-hydrogen) atoms. The van der Waals surface area contributed by atoms with Gasteiger partial charge in [-0.05, 0) is 31.4 Å². The van der Waals surface area contributed by atoms with Crippen molar-refractivity contribution in [3.63, 3.8) is 0 Å². The summed E-state index contributed by atoms with van der Waals surface area (Å²) < 4.78 is 5.28. The van der Waals surface area contributed by atoms with Gasteiger partial charge in [0.1, 0.15) is 5.82 Å². The van der Waals surface area contributed by atoms with E-state index in [9.17, 15) is 5.11 Å². The average Bonchev–Trinajstić information content (AvgIpc) is 3.04. The third kappa shape index (κ3) is 2.16. The number of hydrogen-bond donors (Lipinski definition) is 1. The Kier molecular flexibility index (Phi) is 2.70. The van der Waals surface area contributed by atoms with E-state index in [1.165, 1.54) is 0 Å². The Labute approximate surface area is 116 Å². The lowest BCUT2D eigenvalue weighted by Crippen LogP contribution is -2.21. The van der Waals surface area contributed by atoms with Crippen LogP contribution in [0.25, 0.3) is 11.5 Å². The van der Waals surface area contributed by atoms with Crippen molar-refractivity contribution in [2.24, 2.45) is 0 Å². The number of β-amino-alcohol motifs (C(OH)–C–C–N with tert-alkyl or cyclic N) is 1. The standard InChI is InChI=1S/C14H16N4O2/c19-11-5-6-18(8-11)12-4-3-10(7-15-12)14-16-13(17-20-14)9-1-2-9/h3-4,7,9,11,19H,1-2,5-6,8H2/t11-/m0/s1. The minimum atomic E-state index is -0.242. The molecule has 3 heterocycles. The summed E-state index contributed by atoms with van der Waals surface area (Å²) >= 11 is 0. The number of aromatic nitrogens is 3. The Morgan fingerprint density at radius 3 is 2.80 bits per heavy atom. The third-order valence-corrected chi connectivity index (χ3v) is 3.87. The number of aliphatic hydroxyl groups is 1. The summed E-state index contributed by atoms with van der Waals surface area (Å²) in [5.41, 5.74) is 0.841. The number of pyridine rings is 1. The number of nitrogens with zero attached hydrogens (tertiary/aromatic N) is 4. The van der Waals surface area contributed by atoms with Crippen molar-refractivity contribution in [1.82, 2.24) is 15.1 Å². The largest absolute Gasteiger partial charge is 0.391 e. The summed E-state index contributed by atoms with van der Waals surface area (Å²) in [6, 6.07) is 3.88. The van der Waals surface area contributed by atoms with Crippen molar-refractivity contribution in [2.45, 2.75) is 31.3 Å². The smallest absolute Gasteiger partial charge is 0.259 e. The maximum Gasteiger partial charge on any atom is 0.259 e. The summed E-state index contributed by atoms with van der Waals surface area (Å²) in [6.07, 6.45) is 4.64.